The highest BCUT2D eigenvalue weighted by Gasteiger charge is 2.15. The number of carbonyl (C=O) groups is 1. The highest BCUT2D eigenvalue weighted by atomic mass is 32.1. The number of rotatable bonds is 5. The van der Waals surface area contributed by atoms with Crippen molar-refractivity contribution in [3.8, 4) is 11.3 Å². The van der Waals surface area contributed by atoms with Crippen LogP contribution in [0.4, 0.5) is 0 Å². The third-order valence-corrected chi connectivity index (χ3v) is 5.70. The lowest BCUT2D eigenvalue weighted by Crippen LogP contribution is -2.17. The number of carbonyl (C=O) groups excluding carboxylic acids is 1. The SMILES string of the molecule is CCCc1sc(=NC(=O)c2cccc(C)c2)n(CC)c1-c1ccc(C)cc1. The fourth-order valence-corrected chi connectivity index (χ4v) is 4.50. The van der Waals surface area contributed by atoms with Gasteiger partial charge in [0.2, 0.25) is 0 Å². The second-order valence-corrected chi connectivity index (χ2v) is 7.87. The van der Waals surface area contributed by atoms with E-state index in [4.69, 9.17) is 0 Å². The second-order valence-electron chi connectivity index (χ2n) is 6.80. The van der Waals surface area contributed by atoms with Gasteiger partial charge in [-0.1, -0.05) is 60.9 Å². The Morgan fingerprint density at radius 1 is 1.04 bits per heavy atom. The fraction of sp³-hybridized carbons (Fsp3) is 0.304. The molecule has 0 aliphatic carbocycles. The summed E-state index contributed by atoms with van der Waals surface area (Å²) in [6.07, 6.45) is 2.05. The van der Waals surface area contributed by atoms with Crippen LogP contribution in [0.3, 0.4) is 0 Å². The van der Waals surface area contributed by atoms with E-state index in [2.05, 4.69) is 54.6 Å². The average molecular weight is 379 g/mol. The minimum Gasteiger partial charge on any atom is -0.316 e. The Labute approximate surface area is 165 Å². The lowest BCUT2D eigenvalue weighted by molar-refractivity contribution is 0.0997. The first-order valence-corrected chi connectivity index (χ1v) is 10.3. The Morgan fingerprint density at radius 2 is 1.78 bits per heavy atom. The van der Waals surface area contributed by atoms with Gasteiger partial charge in [0.05, 0.1) is 5.69 Å². The topological polar surface area (TPSA) is 34.4 Å². The summed E-state index contributed by atoms with van der Waals surface area (Å²) in [7, 11) is 0. The summed E-state index contributed by atoms with van der Waals surface area (Å²) in [5.41, 5.74) is 5.33. The van der Waals surface area contributed by atoms with Crippen LogP contribution in [0, 0.1) is 13.8 Å². The zero-order valence-corrected chi connectivity index (χ0v) is 17.3. The largest absolute Gasteiger partial charge is 0.316 e. The van der Waals surface area contributed by atoms with Crippen molar-refractivity contribution in [1.29, 1.82) is 0 Å². The molecule has 140 valence electrons. The summed E-state index contributed by atoms with van der Waals surface area (Å²) in [6.45, 7) is 9.16. The maximum Gasteiger partial charge on any atom is 0.279 e. The van der Waals surface area contributed by atoms with Crippen molar-refractivity contribution in [3.05, 3.63) is 74.9 Å². The van der Waals surface area contributed by atoms with Crippen LogP contribution in [0.2, 0.25) is 0 Å². The van der Waals surface area contributed by atoms with Gasteiger partial charge in [0, 0.05) is 17.0 Å². The molecule has 0 spiro atoms. The van der Waals surface area contributed by atoms with Crippen LogP contribution in [0.1, 0.15) is 46.6 Å². The Balaban J connectivity index is 2.14. The van der Waals surface area contributed by atoms with Crippen LogP contribution < -0.4 is 4.80 Å². The van der Waals surface area contributed by atoms with Crippen molar-refractivity contribution >= 4 is 17.2 Å². The number of hydrogen-bond donors (Lipinski definition) is 0. The first-order valence-electron chi connectivity index (χ1n) is 9.48. The van der Waals surface area contributed by atoms with Crippen LogP contribution in [-0.2, 0) is 13.0 Å². The zero-order valence-electron chi connectivity index (χ0n) is 16.5. The normalized spacial score (nSPS) is 11.8. The zero-order chi connectivity index (χ0) is 19.4. The van der Waals surface area contributed by atoms with Gasteiger partial charge in [0.25, 0.3) is 5.91 Å². The molecule has 1 heterocycles. The van der Waals surface area contributed by atoms with Gasteiger partial charge in [0.15, 0.2) is 4.80 Å². The number of benzene rings is 2. The van der Waals surface area contributed by atoms with Crippen molar-refractivity contribution in [3.63, 3.8) is 0 Å². The van der Waals surface area contributed by atoms with Crippen molar-refractivity contribution in [2.45, 2.75) is 47.1 Å². The number of aromatic nitrogens is 1. The molecule has 0 saturated carbocycles. The van der Waals surface area contributed by atoms with E-state index in [0.29, 0.717) is 5.56 Å². The number of aryl methyl sites for hydroxylation is 3. The lowest BCUT2D eigenvalue weighted by Gasteiger charge is -2.09. The molecule has 27 heavy (non-hydrogen) atoms. The Kier molecular flexibility index (Phi) is 6.07. The second kappa shape index (κ2) is 8.49. The van der Waals surface area contributed by atoms with E-state index in [1.165, 1.54) is 21.7 Å². The molecule has 0 aliphatic rings. The van der Waals surface area contributed by atoms with E-state index >= 15 is 0 Å². The summed E-state index contributed by atoms with van der Waals surface area (Å²) in [5, 5.41) is 0. The molecule has 0 atom stereocenters. The molecule has 3 nitrogen and oxygen atoms in total. The van der Waals surface area contributed by atoms with Crippen LogP contribution in [0.15, 0.2) is 53.5 Å². The molecule has 0 saturated heterocycles. The first-order chi connectivity index (χ1) is 13.0. The van der Waals surface area contributed by atoms with E-state index in [1.54, 1.807) is 11.3 Å². The predicted octanol–water partition coefficient (Wildman–Crippen LogP) is 5.55. The maximum atomic E-state index is 12.7. The van der Waals surface area contributed by atoms with Crippen LogP contribution in [-0.4, -0.2) is 10.5 Å². The lowest BCUT2D eigenvalue weighted by atomic mass is 10.1. The average Bonchev–Trinajstić information content (AvgIpc) is 2.99. The Hall–Kier alpha value is -2.46. The highest BCUT2D eigenvalue weighted by molar-refractivity contribution is 7.09. The summed E-state index contributed by atoms with van der Waals surface area (Å²) in [5.74, 6) is -0.180. The number of thiazole rings is 1. The smallest absolute Gasteiger partial charge is 0.279 e. The van der Waals surface area contributed by atoms with Gasteiger partial charge in [-0.2, -0.15) is 4.99 Å². The number of hydrogen-bond acceptors (Lipinski definition) is 2. The Bertz CT molecular complexity index is 1010. The van der Waals surface area contributed by atoms with Gasteiger partial charge in [-0.25, -0.2) is 0 Å². The van der Waals surface area contributed by atoms with Gasteiger partial charge in [-0.05, 0) is 44.9 Å². The maximum absolute atomic E-state index is 12.7. The highest BCUT2D eigenvalue weighted by Crippen LogP contribution is 2.27. The molecule has 3 aromatic rings. The van der Waals surface area contributed by atoms with Crippen molar-refractivity contribution < 1.29 is 4.79 Å². The monoisotopic (exact) mass is 378 g/mol. The van der Waals surface area contributed by atoms with Gasteiger partial charge < -0.3 is 4.57 Å². The Morgan fingerprint density at radius 3 is 2.41 bits per heavy atom. The molecule has 0 radical (unpaired) electrons. The van der Waals surface area contributed by atoms with E-state index in [9.17, 15) is 4.79 Å². The molecule has 2 aromatic carbocycles. The van der Waals surface area contributed by atoms with Crippen molar-refractivity contribution in [1.82, 2.24) is 4.57 Å². The van der Waals surface area contributed by atoms with Gasteiger partial charge in [-0.15, -0.1) is 11.3 Å². The molecule has 3 rings (SSSR count). The summed E-state index contributed by atoms with van der Waals surface area (Å²) in [4.78, 5) is 19.3. The molecule has 0 fully saturated rings. The van der Waals surface area contributed by atoms with E-state index in [0.717, 1.165) is 29.8 Å². The molecule has 0 N–H and O–H groups in total. The standard InChI is InChI=1S/C23H26N2OS/c1-5-8-20-21(18-13-11-16(3)12-14-18)25(6-2)23(27-20)24-22(26)19-10-7-9-17(4)15-19/h7,9-15H,5-6,8H2,1-4H3. The molecule has 4 heteroatoms. The molecular weight excluding hydrogens is 352 g/mol. The summed E-state index contributed by atoms with van der Waals surface area (Å²) >= 11 is 1.64. The van der Waals surface area contributed by atoms with E-state index in [1.807, 2.05) is 31.2 Å². The van der Waals surface area contributed by atoms with Crippen molar-refractivity contribution in [2.75, 3.05) is 0 Å². The molecule has 1 amide bonds. The molecule has 0 aliphatic heterocycles. The van der Waals surface area contributed by atoms with E-state index < -0.39 is 0 Å². The number of amides is 1. The molecular formula is C23H26N2OS. The molecule has 0 unspecified atom stereocenters. The third-order valence-electron chi connectivity index (χ3n) is 4.56. The minimum atomic E-state index is -0.180. The van der Waals surface area contributed by atoms with Crippen LogP contribution in [0.5, 0.6) is 0 Å². The van der Waals surface area contributed by atoms with Gasteiger partial charge in [-0.3, -0.25) is 4.79 Å². The van der Waals surface area contributed by atoms with Crippen molar-refractivity contribution in [2.24, 2.45) is 4.99 Å². The minimum absolute atomic E-state index is 0.180. The van der Waals surface area contributed by atoms with Crippen LogP contribution in [0.25, 0.3) is 11.3 Å². The fourth-order valence-electron chi connectivity index (χ4n) is 3.19. The molecule has 1 aromatic heterocycles. The summed E-state index contributed by atoms with van der Waals surface area (Å²) in [6, 6.07) is 16.2. The third kappa shape index (κ3) is 4.28. The predicted molar refractivity (Wildman–Crippen MR) is 113 cm³/mol. The number of nitrogens with zero attached hydrogens (tertiary/aromatic N) is 2. The summed E-state index contributed by atoms with van der Waals surface area (Å²) < 4.78 is 2.17. The van der Waals surface area contributed by atoms with Gasteiger partial charge >= 0.3 is 0 Å². The van der Waals surface area contributed by atoms with Gasteiger partial charge in [0.1, 0.15) is 0 Å². The van der Waals surface area contributed by atoms with E-state index in [-0.39, 0.29) is 5.91 Å². The van der Waals surface area contributed by atoms with Crippen LogP contribution >= 0.6 is 11.3 Å². The molecule has 0 bridgehead atoms. The first kappa shape index (κ1) is 19.3. The quantitative estimate of drug-likeness (QED) is 0.573.